The summed E-state index contributed by atoms with van der Waals surface area (Å²) in [7, 11) is 0. The van der Waals surface area contributed by atoms with Crippen molar-refractivity contribution >= 4 is 6.29 Å². The molecule has 2 heteroatoms. The van der Waals surface area contributed by atoms with E-state index in [0.717, 1.165) is 36.9 Å². The second-order valence-electron chi connectivity index (χ2n) is 5.66. The third-order valence-electron chi connectivity index (χ3n) is 4.02. The van der Waals surface area contributed by atoms with Crippen LogP contribution in [0.3, 0.4) is 0 Å². The van der Waals surface area contributed by atoms with E-state index in [0.29, 0.717) is 18.1 Å². The molecule has 0 heterocycles. The maximum absolute atomic E-state index is 11.0. The molecule has 0 saturated carbocycles. The number of aldehydes is 1. The monoisotopic (exact) mass is 296 g/mol. The summed E-state index contributed by atoms with van der Waals surface area (Å²) < 4.78 is 5.97. The lowest BCUT2D eigenvalue weighted by atomic mass is 9.96. The molecule has 116 valence electrons. The van der Waals surface area contributed by atoms with E-state index in [1.807, 2.05) is 24.3 Å². The quantitative estimate of drug-likeness (QED) is 0.505. The van der Waals surface area contributed by atoms with Gasteiger partial charge in [0.1, 0.15) is 12.0 Å². The number of hydrogen-bond donors (Lipinski definition) is 0. The lowest BCUT2D eigenvalue weighted by molar-refractivity contribution is 0.112. The van der Waals surface area contributed by atoms with E-state index in [2.05, 4.69) is 38.1 Å². The Bertz CT molecular complexity index is 590. The van der Waals surface area contributed by atoms with Crippen molar-refractivity contribution < 1.29 is 9.53 Å². The molecule has 0 fully saturated rings. The van der Waals surface area contributed by atoms with Crippen LogP contribution in [-0.4, -0.2) is 12.9 Å². The van der Waals surface area contributed by atoms with E-state index >= 15 is 0 Å². The van der Waals surface area contributed by atoms with Gasteiger partial charge in [0.05, 0.1) is 6.61 Å². The SMILES string of the molecule is CCC(C)c1cc(C=O)ccc1OCCCc1ccccc1. The van der Waals surface area contributed by atoms with Gasteiger partial charge in [-0.1, -0.05) is 44.2 Å². The van der Waals surface area contributed by atoms with E-state index < -0.39 is 0 Å². The van der Waals surface area contributed by atoms with Crippen LogP contribution in [-0.2, 0) is 6.42 Å². The number of aryl methyl sites for hydroxylation is 1. The number of ether oxygens (including phenoxy) is 1. The largest absolute Gasteiger partial charge is 0.493 e. The van der Waals surface area contributed by atoms with Gasteiger partial charge in [-0.3, -0.25) is 4.79 Å². The Labute approximate surface area is 133 Å². The van der Waals surface area contributed by atoms with Gasteiger partial charge < -0.3 is 4.74 Å². The zero-order valence-corrected chi connectivity index (χ0v) is 13.4. The van der Waals surface area contributed by atoms with Gasteiger partial charge in [0.15, 0.2) is 0 Å². The average molecular weight is 296 g/mol. The molecule has 0 spiro atoms. The zero-order chi connectivity index (χ0) is 15.8. The molecule has 0 aromatic heterocycles. The Morgan fingerprint density at radius 3 is 2.59 bits per heavy atom. The number of benzene rings is 2. The Kier molecular flexibility index (Phi) is 6.20. The molecule has 1 atom stereocenters. The van der Waals surface area contributed by atoms with Crippen molar-refractivity contribution in [2.75, 3.05) is 6.61 Å². The maximum atomic E-state index is 11.0. The minimum absolute atomic E-state index is 0.393. The van der Waals surface area contributed by atoms with Gasteiger partial charge in [-0.2, -0.15) is 0 Å². The number of hydrogen-bond acceptors (Lipinski definition) is 2. The molecule has 0 aliphatic rings. The zero-order valence-electron chi connectivity index (χ0n) is 13.4. The van der Waals surface area contributed by atoms with E-state index in [-0.39, 0.29) is 0 Å². The minimum atomic E-state index is 0.393. The van der Waals surface area contributed by atoms with Gasteiger partial charge in [-0.05, 0) is 54.5 Å². The maximum Gasteiger partial charge on any atom is 0.150 e. The van der Waals surface area contributed by atoms with Crippen LogP contribution in [0.25, 0.3) is 0 Å². The summed E-state index contributed by atoms with van der Waals surface area (Å²) in [5.41, 5.74) is 3.18. The van der Waals surface area contributed by atoms with Crippen molar-refractivity contribution in [3.63, 3.8) is 0 Å². The van der Waals surface area contributed by atoms with Crippen LogP contribution < -0.4 is 4.74 Å². The molecule has 22 heavy (non-hydrogen) atoms. The fourth-order valence-corrected chi connectivity index (χ4v) is 2.48. The molecular formula is C20H24O2. The summed E-state index contributed by atoms with van der Waals surface area (Å²) in [4.78, 5) is 11.0. The lowest BCUT2D eigenvalue weighted by Gasteiger charge is -2.16. The predicted molar refractivity (Wildman–Crippen MR) is 90.8 cm³/mol. The molecule has 0 aliphatic carbocycles. The molecule has 1 unspecified atom stereocenters. The smallest absolute Gasteiger partial charge is 0.150 e. The normalized spacial score (nSPS) is 11.9. The van der Waals surface area contributed by atoms with Crippen molar-refractivity contribution in [1.82, 2.24) is 0 Å². The lowest BCUT2D eigenvalue weighted by Crippen LogP contribution is -2.04. The van der Waals surface area contributed by atoms with Crippen LogP contribution in [0.4, 0.5) is 0 Å². The predicted octanol–water partition coefficient (Wildman–Crippen LogP) is 5.02. The third-order valence-corrected chi connectivity index (χ3v) is 4.02. The molecule has 2 nitrogen and oxygen atoms in total. The van der Waals surface area contributed by atoms with E-state index in [1.165, 1.54) is 5.56 Å². The second kappa shape index (κ2) is 8.38. The first-order valence-corrected chi connectivity index (χ1v) is 8.00. The van der Waals surface area contributed by atoms with Crippen molar-refractivity contribution in [3.8, 4) is 5.75 Å². The molecule has 0 bridgehead atoms. The highest BCUT2D eigenvalue weighted by Crippen LogP contribution is 2.29. The molecular weight excluding hydrogens is 272 g/mol. The average Bonchev–Trinajstić information content (AvgIpc) is 2.59. The fourth-order valence-electron chi connectivity index (χ4n) is 2.48. The summed E-state index contributed by atoms with van der Waals surface area (Å²) in [6.45, 7) is 5.01. The summed E-state index contributed by atoms with van der Waals surface area (Å²) in [6, 6.07) is 16.2. The summed E-state index contributed by atoms with van der Waals surface area (Å²) in [6.07, 6.45) is 3.93. The summed E-state index contributed by atoms with van der Waals surface area (Å²) >= 11 is 0. The van der Waals surface area contributed by atoms with Crippen LogP contribution in [0.2, 0.25) is 0 Å². The van der Waals surface area contributed by atoms with Gasteiger partial charge in [0, 0.05) is 5.56 Å². The van der Waals surface area contributed by atoms with Gasteiger partial charge >= 0.3 is 0 Å². The van der Waals surface area contributed by atoms with E-state index in [9.17, 15) is 4.79 Å². The summed E-state index contributed by atoms with van der Waals surface area (Å²) in [5, 5.41) is 0. The van der Waals surface area contributed by atoms with Crippen molar-refractivity contribution in [1.29, 1.82) is 0 Å². The molecule has 0 amide bonds. The van der Waals surface area contributed by atoms with Crippen LogP contribution in [0, 0.1) is 0 Å². The Morgan fingerprint density at radius 2 is 1.91 bits per heavy atom. The molecule has 0 N–H and O–H groups in total. The molecule has 0 radical (unpaired) electrons. The van der Waals surface area contributed by atoms with Crippen LogP contribution >= 0.6 is 0 Å². The van der Waals surface area contributed by atoms with Crippen molar-refractivity contribution in [3.05, 3.63) is 65.2 Å². The standard InChI is InChI=1S/C20H24O2/c1-3-16(2)19-14-18(15-21)11-12-20(19)22-13-7-10-17-8-5-4-6-9-17/h4-6,8-9,11-12,14-16H,3,7,10,13H2,1-2H3. The van der Waals surface area contributed by atoms with Gasteiger partial charge in [0.2, 0.25) is 0 Å². The number of carbonyl (C=O) groups excluding carboxylic acids is 1. The summed E-state index contributed by atoms with van der Waals surface area (Å²) in [5.74, 6) is 1.30. The van der Waals surface area contributed by atoms with Crippen molar-refractivity contribution in [2.24, 2.45) is 0 Å². The molecule has 0 aliphatic heterocycles. The van der Waals surface area contributed by atoms with Gasteiger partial charge in [-0.15, -0.1) is 0 Å². The van der Waals surface area contributed by atoms with Crippen LogP contribution in [0.1, 0.15) is 54.1 Å². The third kappa shape index (κ3) is 4.45. The molecule has 2 rings (SSSR count). The highest BCUT2D eigenvalue weighted by atomic mass is 16.5. The first-order valence-electron chi connectivity index (χ1n) is 8.00. The molecule has 0 saturated heterocycles. The Balaban J connectivity index is 1.95. The highest BCUT2D eigenvalue weighted by molar-refractivity contribution is 5.75. The molecule has 2 aromatic carbocycles. The van der Waals surface area contributed by atoms with Gasteiger partial charge in [0.25, 0.3) is 0 Å². The first-order chi connectivity index (χ1) is 10.7. The van der Waals surface area contributed by atoms with E-state index in [4.69, 9.17) is 4.74 Å². The second-order valence-corrected chi connectivity index (χ2v) is 5.66. The highest BCUT2D eigenvalue weighted by Gasteiger charge is 2.11. The first kappa shape index (κ1) is 16.3. The minimum Gasteiger partial charge on any atom is -0.493 e. The number of carbonyl (C=O) groups is 1. The van der Waals surface area contributed by atoms with Crippen molar-refractivity contribution in [2.45, 2.75) is 39.0 Å². The van der Waals surface area contributed by atoms with Gasteiger partial charge in [-0.25, -0.2) is 0 Å². The van der Waals surface area contributed by atoms with Crippen LogP contribution in [0.15, 0.2) is 48.5 Å². The Hall–Kier alpha value is -2.09. The van der Waals surface area contributed by atoms with Crippen LogP contribution in [0.5, 0.6) is 5.75 Å². The van der Waals surface area contributed by atoms with E-state index in [1.54, 1.807) is 0 Å². The fraction of sp³-hybridized carbons (Fsp3) is 0.350. The number of rotatable bonds is 8. The molecule has 2 aromatic rings. The topological polar surface area (TPSA) is 26.3 Å². The Morgan fingerprint density at radius 1 is 1.14 bits per heavy atom.